The molecule has 2 N–H and O–H groups in total. The Morgan fingerprint density at radius 2 is 1.74 bits per heavy atom. The average Bonchev–Trinajstić information content (AvgIpc) is 2.55. The number of aryl methyl sites for hydroxylation is 1. The molecule has 0 spiro atoms. The van der Waals surface area contributed by atoms with Gasteiger partial charge in [0.2, 0.25) is 0 Å². The Labute approximate surface area is 139 Å². The van der Waals surface area contributed by atoms with Gasteiger partial charge in [-0.1, -0.05) is 17.7 Å². The summed E-state index contributed by atoms with van der Waals surface area (Å²) in [7, 11) is 0. The first-order valence-electron chi connectivity index (χ1n) is 6.88. The number of benzene rings is 2. The van der Waals surface area contributed by atoms with Gasteiger partial charge >= 0.3 is 0 Å². The van der Waals surface area contributed by atoms with Crippen LogP contribution in [0, 0.1) is 17.0 Å². The predicted molar refractivity (Wildman–Crippen MR) is 95.8 cm³/mol. The van der Waals surface area contributed by atoms with Crippen LogP contribution >= 0.6 is 12.2 Å². The first-order chi connectivity index (χ1) is 11.0. The second-order valence-corrected chi connectivity index (χ2v) is 5.34. The zero-order chi connectivity index (χ0) is 16.8. The predicted octanol–water partition coefficient (Wildman–Crippen LogP) is 3.61. The Bertz CT molecular complexity index is 740. The molecule has 0 fully saturated rings. The van der Waals surface area contributed by atoms with Crippen molar-refractivity contribution in [3.8, 4) is 0 Å². The maximum absolute atomic E-state index is 10.6. The number of hydrogen-bond acceptors (Lipinski definition) is 4. The molecule has 0 aliphatic carbocycles. The molecule has 0 unspecified atom stereocenters. The average molecular weight is 328 g/mol. The van der Waals surface area contributed by atoms with Gasteiger partial charge in [0, 0.05) is 17.8 Å². The molecule has 6 nitrogen and oxygen atoms in total. The van der Waals surface area contributed by atoms with E-state index in [4.69, 9.17) is 12.2 Å². The van der Waals surface area contributed by atoms with Gasteiger partial charge < -0.3 is 5.32 Å². The van der Waals surface area contributed by atoms with Crippen LogP contribution in [0.25, 0.3) is 0 Å². The fraction of sp³-hybridized carbons (Fsp3) is 0.125. The second-order valence-electron chi connectivity index (χ2n) is 4.93. The standard InChI is InChI=1S/C16H16N4O2S/c1-11-3-7-14(8-4-11)17-16(23)19-18-12(2)13-5-9-15(10-6-13)20(21)22/h3-10H,1-2H3,(H2,17,19,23)/b18-12-. The molecular weight excluding hydrogens is 312 g/mol. The Hall–Kier alpha value is -2.80. The number of anilines is 1. The van der Waals surface area contributed by atoms with Crippen LogP contribution in [0.5, 0.6) is 0 Å². The minimum atomic E-state index is -0.435. The Balaban J connectivity index is 1.96. The maximum atomic E-state index is 10.6. The molecule has 0 radical (unpaired) electrons. The highest BCUT2D eigenvalue weighted by Crippen LogP contribution is 2.12. The van der Waals surface area contributed by atoms with E-state index in [9.17, 15) is 10.1 Å². The summed E-state index contributed by atoms with van der Waals surface area (Å²) < 4.78 is 0. The lowest BCUT2D eigenvalue weighted by Gasteiger charge is -2.08. The largest absolute Gasteiger partial charge is 0.331 e. The highest BCUT2D eigenvalue weighted by molar-refractivity contribution is 7.80. The number of nitrogens with zero attached hydrogens (tertiary/aromatic N) is 2. The molecule has 23 heavy (non-hydrogen) atoms. The highest BCUT2D eigenvalue weighted by Gasteiger charge is 2.05. The van der Waals surface area contributed by atoms with Gasteiger partial charge in [-0.3, -0.25) is 15.5 Å². The fourth-order valence-corrected chi connectivity index (χ4v) is 1.98. The smallest absolute Gasteiger partial charge is 0.269 e. The number of nitro benzene ring substituents is 1. The molecule has 2 aromatic carbocycles. The van der Waals surface area contributed by atoms with E-state index < -0.39 is 4.92 Å². The monoisotopic (exact) mass is 328 g/mol. The molecule has 0 bridgehead atoms. The third-order valence-corrected chi connectivity index (χ3v) is 3.32. The Kier molecular flexibility index (Phi) is 5.37. The summed E-state index contributed by atoms with van der Waals surface area (Å²) in [6.45, 7) is 3.81. The number of nitrogens with one attached hydrogen (secondary N) is 2. The lowest BCUT2D eigenvalue weighted by Crippen LogP contribution is -2.24. The number of nitro groups is 1. The molecule has 0 saturated carbocycles. The molecule has 2 aromatic rings. The van der Waals surface area contributed by atoms with Crippen molar-refractivity contribution in [1.82, 2.24) is 5.43 Å². The summed E-state index contributed by atoms with van der Waals surface area (Å²) >= 11 is 5.17. The fourth-order valence-electron chi connectivity index (χ4n) is 1.82. The van der Waals surface area contributed by atoms with Crippen LogP contribution in [0.3, 0.4) is 0 Å². The molecule has 0 aliphatic rings. The van der Waals surface area contributed by atoms with E-state index >= 15 is 0 Å². The summed E-state index contributed by atoms with van der Waals surface area (Å²) in [5, 5.41) is 18.2. The topological polar surface area (TPSA) is 79.6 Å². The lowest BCUT2D eigenvalue weighted by atomic mass is 10.1. The zero-order valence-corrected chi connectivity index (χ0v) is 13.6. The van der Waals surface area contributed by atoms with Crippen molar-refractivity contribution in [2.24, 2.45) is 5.10 Å². The molecule has 0 heterocycles. The molecule has 7 heteroatoms. The Morgan fingerprint density at radius 1 is 1.13 bits per heavy atom. The van der Waals surface area contributed by atoms with Crippen molar-refractivity contribution in [1.29, 1.82) is 0 Å². The summed E-state index contributed by atoms with van der Waals surface area (Å²) in [6, 6.07) is 14.0. The van der Waals surface area contributed by atoms with Gasteiger partial charge in [0.05, 0.1) is 10.6 Å². The number of non-ortho nitro benzene ring substituents is 1. The molecule has 0 aromatic heterocycles. The van der Waals surface area contributed by atoms with Gasteiger partial charge in [0.15, 0.2) is 5.11 Å². The number of rotatable bonds is 4. The normalized spacial score (nSPS) is 11.0. The van der Waals surface area contributed by atoms with Crippen molar-refractivity contribution in [2.45, 2.75) is 13.8 Å². The van der Waals surface area contributed by atoms with E-state index in [1.54, 1.807) is 19.1 Å². The number of hydrogen-bond donors (Lipinski definition) is 2. The number of hydrazone groups is 1. The van der Waals surface area contributed by atoms with Gasteiger partial charge in [-0.05, 0) is 55.9 Å². The zero-order valence-electron chi connectivity index (χ0n) is 12.7. The quantitative estimate of drug-likeness (QED) is 0.388. The molecule has 0 amide bonds. The molecule has 0 aliphatic heterocycles. The minimum absolute atomic E-state index is 0.0473. The van der Waals surface area contributed by atoms with Gasteiger partial charge in [0.25, 0.3) is 5.69 Å². The Morgan fingerprint density at radius 3 is 2.30 bits per heavy atom. The van der Waals surface area contributed by atoms with E-state index in [2.05, 4.69) is 15.8 Å². The first-order valence-corrected chi connectivity index (χ1v) is 7.29. The van der Waals surface area contributed by atoms with Crippen LogP contribution in [0.15, 0.2) is 53.6 Å². The van der Waals surface area contributed by atoms with Gasteiger partial charge in [-0.2, -0.15) is 5.10 Å². The van der Waals surface area contributed by atoms with Crippen molar-refractivity contribution < 1.29 is 4.92 Å². The molecule has 118 valence electrons. The third-order valence-electron chi connectivity index (χ3n) is 3.13. The second kappa shape index (κ2) is 7.46. The summed E-state index contributed by atoms with van der Waals surface area (Å²) in [4.78, 5) is 10.2. The molecular formula is C16H16N4O2S. The van der Waals surface area contributed by atoms with E-state index in [0.29, 0.717) is 10.8 Å². The van der Waals surface area contributed by atoms with Crippen molar-refractivity contribution in [3.05, 3.63) is 69.8 Å². The van der Waals surface area contributed by atoms with Crippen LogP contribution in [0.2, 0.25) is 0 Å². The minimum Gasteiger partial charge on any atom is -0.331 e. The van der Waals surface area contributed by atoms with Crippen LogP contribution in [0.4, 0.5) is 11.4 Å². The van der Waals surface area contributed by atoms with Gasteiger partial charge in [0.1, 0.15) is 0 Å². The van der Waals surface area contributed by atoms with Crippen molar-refractivity contribution in [3.63, 3.8) is 0 Å². The molecule has 2 rings (SSSR count). The SMILES string of the molecule is C/C(=N/NC(=S)Nc1ccc(C)cc1)c1ccc([N+](=O)[O-])cc1. The molecule has 0 saturated heterocycles. The highest BCUT2D eigenvalue weighted by atomic mass is 32.1. The van der Waals surface area contributed by atoms with Crippen molar-refractivity contribution >= 4 is 34.4 Å². The van der Waals surface area contributed by atoms with Crippen LogP contribution in [0.1, 0.15) is 18.1 Å². The third kappa shape index (κ3) is 4.86. The molecule has 0 atom stereocenters. The maximum Gasteiger partial charge on any atom is 0.269 e. The summed E-state index contributed by atoms with van der Waals surface area (Å²) in [6.07, 6.45) is 0. The van der Waals surface area contributed by atoms with Crippen LogP contribution in [-0.2, 0) is 0 Å². The van der Waals surface area contributed by atoms with Gasteiger partial charge in [-0.15, -0.1) is 0 Å². The number of thiocarbonyl (C=S) groups is 1. The van der Waals surface area contributed by atoms with Crippen molar-refractivity contribution in [2.75, 3.05) is 5.32 Å². The lowest BCUT2D eigenvalue weighted by molar-refractivity contribution is -0.384. The van der Waals surface area contributed by atoms with Gasteiger partial charge in [-0.25, -0.2) is 0 Å². The van der Waals surface area contributed by atoms with E-state index in [-0.39, 0.29) is 5.69 Å². The summed E-state index contributed by atoms with van der Waals surface area (Å²) in [5.41, 5.74) is 6.30. The van der Waals surface area contributed by atoms with E-state index in [1.807, 2.05) is 31.2 Å². The van der Waals surface area contributed by atoms with E-state index in [1.165, 1.54) is 17.7 Å². The van der Waals surface area contributed by atoms with E-state index in [0.717, 1.165) is 11.3 Å². The van der Waals surface area contributed by atoms with Crippen LogP contribution < -0.4 is 10.7 Å². The first kappa shape index (κ1) is 16.6. The van der Waals surface area contributed by atoms with Crippen LogP contribution in [-0.4, -0.2) is 15.7 Å². The summed E-state index contributed by atoms with van der Waals surface area (Å²) in [5.74, 6) is 0.